The predicted octanol–water partition coefficient (Wildman–Crippen LogP) is 2.89. The van der Waals surface area contributed by atoms with Gasteiger partial charge in [-0.15, -0.1) is 0 Å². The van der Waals surface area contributed by atoms with Crippen molar-refractivity contribution in [2.75, 3.05) is 5.32 Å². The van der Waals surface area contributed by atoms with Crippen LogP contribution >= 0.6 is 0 Å². The van der Waals surface area contributed by atoms with Gasteiger partial charge in [0.15, 0.2) is 0 Å². The number of hydrogen-bond donors (Lipinski definition) is 1. The van der Waals surface area contributed by atoms with Gasteiger partial charge in [-0.25, -0.2) is 15.0 Å². The van der Waals surface area contributed by atoms with Gasteiger partial charge >= 0.3 is 0 Å². The average molecular weight is 290 g/mol. The molecule has 0 spiro atoms. The Morgan fingerprint density at radius 2 is 2.00 bits per heavy atom. The quantitative estimate of drug-likeness (QED) is 0.802. The first-order valence-corrected chi connectivity index (χ1v) is 6.77. The van der Waals surface area contributed by atoms with E-state index >= 15 is 0 Å². The summed E-state index contributed by atoms with van der Waals surface area (Å²) in [6, 6.07) is 9.57. The van der Waals surface area contributed by atoms with E-state index in [2.05, 4.69) is 26.3 Å². The monoisotopic (exact) mass is 290 g/mol. The van der Waals surface area contributed by atoms with E-state index in [0.29, 0.717) is 11.5 Å². The Balaban J connectivity index is 1.94. The van der Waals surface area contributed by atoms with Crippen molar-refractivity contribution in [3.63, 3.8) is 0 Å². The second-order valence-electron chi connectivity index (χ2n) is 4.91. The molecule has 0 unspecified atom stereocenters. The topological polar surface area (TPSA) is 79.4 Å². The van der Waals surface area contributed by atoms with Gasteiger partial charge in [-0.2, -0.15) is 5.26 Å². The Morgan fingerprint density at radius 1 is 1.14 bits per heavy atom. The second kappa shape index (κ2) is 5.66. The van der Waals surface area contributed by atoms with E-state index in [0.717, 1.165) is 22.8 Å². The molecule has 0 bridgehead atoms. The number of anilines is 2. The highest BCUT2D eigenvalue weighted by molar-refractivity contribution is 5.62. The van der Waals surface area contributed by atoms with E-state index in [9.17, 15) is 5.26 Å². The molecule has 3 aromatic rings. The predicted molar refractivity (Wildman–Crippen MR) is 83.1 cm³/mol. The van der Waals surface area contributed by atoms with Crippen molar-refractivity contribution in [3.05, 3.63) is 59.9 Å². The molecule has 0 atom stereocenters. The molecule has 22 heavy (non-hydrogen) atoms. The van der Waals surface area contributed by atoms with Crippen LogP contribution in [0.25, 0.3) is 5.69 Å². The summed E-state index contributed by atoms with van der Waals surface area (Å²) in [5.74, 6) is 0.509. The molecular weight excluding hydrogens is 276 g/mol. The van der Waals surface area contributed by atoms with Crippen molar-refractivity contribution in [2.24, 2.45) is 0 Å². The van der Waals surface area contributed by atoms with Crippen LogP contribution in [0, 0.1) is 25.2 Å². The van der Waals surface area contributed by atoms with Crippen molar-refractivity contribution < 1.29 is 0 Å². The number of nitriles is 1. The van der Waals surface area contributed by atoms with E-state index in [4.69, 9.17) is 0 Å². The molecule has 0 aliphatic rings. The molecule has 2 heterocycles. The molecule has 1 aromatic carbocycles. The standard InChI is InChI=1S/C16H14N6/c1-11-5-6-18-16(20-11)21-14-3-4-15(13(7-14)8-17)22-9-12(2)19-10-22/h3-7,9-10H,1-2H3,(H,18,20,21). The number of hydrogen-bond acceptors (Lipinski definition) is 5. The SMILES string of the molecule is Cc1cn(-c2ccc(Nc3nccc(C)n3)cc2C#N)cn1. The molecule has 3 rings (SSSR count). The Labute approximate surface area is 128 Å². The van der Waals surface area contributed by atoms with Crippen LogP contribution in [0.5, 0.6) is 0 Å². The van der Waals surface area contributed by atoms with Crippen molar-refractivity contribution in [1.82, 2.24) is 19.5 Å². The maximum absolute atomic E-state index is 9.38. The summed E-state index contributed by atoms with van der Waals surface area (Å²) >= 11 is 0. The number of nitrogens with one attached hydrogen (secondary N) is 1. The zero-order valence-electron chi connectivity index (χ0n) is 12.3. The minimum absolute atomic E-state index is 0.509. The van der Waals surface area contributed by atoms with Gasteiger partial charge in [0, 0.05) is 23.8 Å². The first-order chi connectivity index (χ1) is 10.7. The van der Waals surface area contributed by atoms with Crippen molar-refractivity contribution in [3.8, 4) is 11.8 Å². The fraction of sp³-hybridized carbons (Fsp3) is 0.125. The first kappa shape index (κ1) is 13.8. The van der Waals surface area contributed by atoms with E-state index in [1.807, 2.05) is 42.8 Å². The lowest BCUT2D eigenvalue weighted by molar-refractivity contribution is 1.05. The zero-order chi connectivity index (χ0) is 15.5. The first-order valence-electron chi connectivity index (χ1n) is 6.77. The molecule has 6 nitrogen and oxygen atoms in total. The minimum Gasteiger partial charge on any atom is -0.324 e. The zero-order valence-corrected chi connectivity index (χ0v) is 12.3. The number of rotatable bonds is 3. The highest BCUT2D eigenvalue weighted by Gasteiger charge is 2.07. The Hall–Kier alpha value is -3.20. The lowest BCUT2D eigenvalue weighted by atomic mass is 10.1. The summed E-state index contributed by atoms with van der Waals surface area (Å²) < 4.78 is 1.83. The fourth-order valence-corrected chi connectivity index (χ4v) is 2.12. The van der Waals surface area contributed by atoms with Gasteiger partial charge < -0.3 is 9.88 Å². The molecular formula is C16H14N6. The number of aromatic nitrogens is 4. The summed E-state index contributed by atoms with van der Waals surface area (Å²) in [6.45, 7) is 3.81. The Kier molecular flexibility index (Phi) is 3.54. The van der Waals surface area contributed by atoms with Crippen LogP contribution in [-0.4, -0.2) is 19.5 Å². The van der Waals surface area contributed by atoms with Crippen molar-refractivity contribution >= 4 is 11.6 Å². The molecule has 0 saturated carbocycles. The third kappa shape index (κ3) is 2.79. The fourth-order valence-electron chi connectivity index (χ4n) is 2.12. The maximum atomic E-state index is 9.38. The number of aryl methyl sites for hydroxylation is 2. The van der Waals surface area contributed by atoms with Crippen LogP contribution in [0.1, 0.15) is 17.0 Å². The summed E-state index contributed by atoms with van der Waals surface area (Å²) in [5, 5.41) is 12.5. The minimum atomic E-state index is 0.509. The van der Waals surface area contributed by atoms with Crippen LogP contribution in [0.3, 0.4) is 0 Å². The van der Waals surface area contributed by atoms with Crippen LogP contribution in [0.2, 0.25) is 0 Å². The number of imidazole rings is 1. The van der Waals surface area contributed by atoms with E-state index in [1.54, 1.807) is 18.6 Å². The molecule has 1 N–H and O–H groups in total. The number of nitrogens with zero attached hydrogens (tertiary/aromatic N) is 5. The third-order valence-electron chi connectivity index (χ3n) is 3.16. The molecule has 0 amide bonds. The van der Waals surface area contributed by atoms with E-state index in [1.165, 1.54) is 0 Å². The maximum Gasteiger partial charge on any atom is 0.227 e. The summed E-state index contributed by atoms with van der Waals surface area (Å²) in [7, 11) is 0. The van der Waals surface area contributed by atoms with Crippen LogP contribution in [0.15, 0.2) is 43.0 Å². The molecule has 6 heteroatoms. The van der Waals surface area contributed by atoms with E-state index in [-0.39, 0.29) is 0 Å². The van der Waals surface area contributed by atoms with Gasteiger partial charge in [-0.3, -0.25) is 0 Å². The van der Waals surface area contributed by atoms with Crippen LogP contribution < -0.4 is 5.32 Å². The molecule has 0 radical (unpaired) electrons. The third-order valence-corrected chi connectivity index (χ3v) is 3.16. The largest absolute Gasteiger partial charge is 0.324 e. The van der Waals surface area contributed by atoms with Gasteiger partial charge in [0.25, 0.3) is 0 Å². The average Bonchev–Trinajstić information content (AvgIpc) is 2.93. The van der Waals surface area contributed by atoms with Gasteiger partial charge in [0.05, 0.1) is 23.3 Å². The highest BCUT2D eigenvalue weighted by atomic mass is 15.1. The number of benzene rings is 1. The van der Waals surface area contributed by atoms with Crippen molar-refractivity contribution in [1.29, 1.82) is 5.26 Å². The van der Waals surface area contributed by atoms with Crippen LogP contribution in [-0.2, 0) is 0 Å². The molecule has 0 fully saturated rings. The Morgan fingerprint density at radius 3 is 2.68 bits per heavy atom. The van der Waals surface area contributed by atoms with Crippen LogP contribution in [0.4, 0.5) is 11.6 Å². The van der Waals surface area contributed by atoms with Crippen molar-refractivity contribution in [2.45, 2.75) is 13.8 Å². The van der Waals surface area contributed by atoms with Gasteiger partial charge in [0.1, 0.15) is 6.07 Å². The van der Waals surface area contributed by atoms with Gasteiger partial charge in [0.2, 0.25) is 5.95 Å². The smallest absolute Gasteiger partial charge is 0.227 e. The molecule has 0 aliphatic heterocycles. The molecule has 2 aromatic heterocycles. The Bertz CT molecular complexity index is 859. The van der Waals surface area contributed by atoms with Gasteiger partial charge in [-0.05, 0) is 38.1 Å². The highest BCUT2D eigenvalue weighted by Crippen LogP contribution is 2.21. The van der Waals surface area contributed by atoms with Gasteiger partial charge in [-0.1, -0.05) is 0 Å². The normalized spacial score (nSPS) is 10.2. The second-order valence-corrected chi connectivity index (χ2v) is 4.91. The lowest BCUT2D eigenvalue weighted by Gasteiger charge is -2.09. The lowest BCUT2D eigenvalue weighted by Crippen LogP contribution is -2.00. The van der Waals surface area contributed by atoms with E-state index < -0.39 is 0 Å². The molecule has 0 aliphatic carbocycles. The molecule has 0 saturated heterocycles. The summed E-state index contributed by atoms with van der Waals surface area (Å²) in [5.41, 5.74) is 3.89. The molecule has 108 valence electrons. The summed E-state index contributed by atoms with van der Waals surface area (Å²) in [4.78, 5) is 12.6. The summed E-state index contributed by atoms with van der Waals surface area (Å²) in [6.07, 6.45) is 5.27.